The topological polar surface area (TPSA) is 55.4 Å². The molecule has 0 spiro atoms. The molecular weight excluding hydrogens is 297 g/mol. The Bertz CT molecular complexity index is 303. The normalized spacial score (nSPS) is 11.3. The Morgan fingerprint density at radius 1 is 0.905 bits per heavy atom. The fraction of sp³-hybridized carbons (Fsp3) is 1.00. The zero-order chi connectivity index (χ0) is 15.1. The van der Waals surface area contributed by atoms with Crippen LogP contribution < -0.4 is 34.9 Å². The van der Waals surface area contributed by atoms with Crippen molar-refractivity contribution >= 4 is 10.1 Å². The van der Waals surface area contributed by atoms with E-state index in [1.807, 2.05) is 0 Å². The Hall–Kier alpha value is 0.870. The summed E-state index contributed by atoms with van der Waals surface area (Å²) in [7, 11) is -1.58. The second kappa shape index (κ2) is 17.2. The summed E-state index contributed by atoms with van der Waals surface area (Å²) in [6.07, 6.45) is 12.4. The molecule has 0 aliphatic heterocycles. The first-order chi connectivity index (χ1) is 9.62. The van der Waals surface area contributed by atoms with Gasteiger partial charge in [0, 0.05) is 6.54 Å². The zero-order valence-corrected chi connectivity index (χ0v) is 17.1. The van der Waals surface area contributed by atoms with Crippen LogP contribution in [0.4, 0.5) is 0 Å². The summed E-state index contributed by atoms with van der Waals surface area (Å²) in [5.41, 5.74) is 0. The van der Waals surface area contributed by atoms with Crippen LogP contribution >= 0.6 is 0 Å². The molecule has 0 fully saturated rings. The first kappa shape index (κ1) is 24.1. The summed E-state index contributed by atoms with van der Waals surface area (Å²) in [5, 5.41) is 2.81. The molecular formula is C15H34NNaO3S. The number of rotatable bonds is 15. The molecule has 124 valence electrons. The summed E-state index contributed by atoms with van der Waals surface area (Å²) in [6.45, 7) is 3.02. The first-order valence-corrected chi connectivity index (χ1v) is 9.72. The molecule has 0 saturated carbocycles. The van der Waals surface area contributed by atoms with Crippen molar-refractivity contribution < 1.29 is 43.6 Å². The maximum absolute atomic E-state index is 11.4. The van der Waals surface area contributed by atoms with Crippen LogP contribution in [0.3, 0.4) is 0 Å². The molecule has 0 heterocycles. The van der Waals surface area contributed by atoms with Gasteiger partial charge in [-0.3, -0.25) is 4.18 Å². The van der Waals surface area contributed by atoms with Gasteiger partial charge in [0.1, 0.15) is 0 Å². The van der Waals surface area contributed by atoms with E-state index in [1.165, 1.54) is 51.4 Å². The van der Waals surface area contributed by atoms with E-state index >= 15 is 0 Å². The molecule has 0 saturated heterocycles. The summed E-state index contributed by atoms with van der Waals surface area (Å²) in [4.78, 5) is 0. The molecule has 1 N–H and O–H groups in total. The van der Waals surface area contributed by atoms with Crippen LogP contribution in [-0.4, -0.2) is 34.4 Å². The van der Waals surface area contributed by atoms with Gasteiger partial charge in [-0.25, -0.2) is 0 Å². The Kier molecular flexibility index (Phi) is 19.8. The van der Waals surface area contributed by atoms with Crippen molar-refractivity contribution in [1.29, 1.82) is 0 Å². The summed E-state index contributed by atoms with van der Waals surface area (Å²) >= 11 is 0. The molecule has 0 bridgehead atoms. The maximum atomic E-state index is 11.4. The van der Waals surface area contributed by atoms with Crippen molar-refractivity contribution in [1.82, 2.24) is 5.32 Å². The van der Waals surface area contributed by atoms with Crippen LogP contribution in [0.25, 0.3) is 0 Å². The average Bonchev–Trinajstić information content (AvgIpc) is 2.42. The van der Waals surface area contributed by atoms with Gasteiger partial charge >= 0.3 is 29.6 Å². The Morgan fingerprint density at radius 3 is 1.86 bits per heavy atom. The van der Waals surface area contributed by atoms with Gasteiger partial charge in [-0.15, -0.1) is 0 Å². The van der Waals surface area contributed by atoms with Crippen LogP contribution in [0.2, 0.25) is 0 Å². The molecule has 0 aromatic rings. The van der Waals surface area contributed by atoms with E-state index in [4.69, 9.17) is 4.18 Å². The van der Waals surface area contributed by atoms with Gasteiger partial charge in [0.05, 0.1) is 12.4 Å². The smallest absolute Gasteiger partial charge is 1.00 e. The van der Waals surface area contributed by atoms with Crippen LogP contribution in [0, 0.1) is 0 Å². The van der Waals surface area contributed by atoms with Crippen LogP contribution in [0.5, 0.6) is 0 Å². The Morgan fingerprint density at radius 2 is 1.38 bits per heavy atom. The van der Waals surface area contributed by atoms with Gasteiger partial charge in [0.15, 0.2) is 0 Å². The van der Waals surface area contributed by atoms with Crippen molar-refractivity contribution in [2.24, 2.45) is 0 Å². The molecule has 0 atom stereocenters. The second-order valence-corrected chi connectivity index (χ2v) is 7.13. The van der Waals surface area contributed by atoms with E-state index in [9.17, 15) is 8.42 Å². The van der Waals surface area contributed by atoms with Gasteiger partial charge in [-0.05, 0) is 13.5 Å². The predicted octanol–water partition coefficient (Wildman–Crippen LogP) is 0.590. The number of nitrogens with one attached hydrogen (secondary N) is 1. The fourth-order valence-electron chi connectivity index (χ4n) is 2.06. The van der Waals surface area contributed by atoms with E-state index < -0.39 is 10.1 Å². The Labute approximate surface area is 155 Å². The van der Waals surface area contributed by atoms with Crippen LogP contribution in [0.1, 0.15) is 72.6 Å². The quantitative estimate of drug-likeness (QED) is 0.271. The minimum atomic E-state index is -3.32. The molecule has 0 radical (unpaired) electrons. The standard InChI is InChI=1S/C15H33NO3S.Na.H/c1-3-4-5-6-7-8-9-10-11-12-14-19-20(17,18)15-13-16-2;;/h16H,3-15H2,1-2H3;;/q;+1;-1. The Balaban J connectivity index is -0.00000180. The summed E-state index contributed by atoms with van der Waals surface area (Å²) in [5.74, 6) is 0.0568. The molecule has 0 unspecified atom stereocenters. The monoisotopic (exact) mass is 331 g/mol. The van der Waals surface area contributed by atoms with Crippen LogP contribution in [0.15, 0.2) is 0 Å². The van der Waals surface area contributed by atoms with Crippen molar-refractivity contribution in [3.63, 3.8) is 0 Å². The van der Waals surface area contributed by atoms with Crippen molar-refractivity contribution in [3.05, 3.63) is 0 Å². The van der Waals surface area contributed by atoms with Gasteiger partial charge < -0.3 is 6.74 Å². The minimum Gasteiger partial charge on any atom is -1.00 e. The summed E-state index contributed by atoms with van der Waals surface area (Å²) in [6, 6.07) is 0. The molecule has 0 amide bonds. The second-order valence-electron chi connectivity index (χ2n) is 5.37. The minimum absolute atomic E-state index is 0. The molecule has 0 aliphatic rings. The zero-order valence-electron chi connectivity index (χ0n) is 15.3. The number of unbranched alkanes of at least 4 members (excludes halogenated alkanes) is 9. The van der Waals surface area contributed by atoms with E-state index in [2.05, 4.69) is 12.2 Å². The molecule has 0 aliphatic carbocycles. The van der Waals surface area contributed by atoms with E-state index in [0.717, 1.165) is 12.8 Å². The first-order valence-electron chi connectivity index (χ1n) is 8.14. The molecule has 0 aromatic carbocycles. The maximum Gasteiger partial charge on any atom is 1.00 e. The number of hydrogen-bond acceptors (Lipinski definition) is 4. The fourth-order valence-corrected chi connectivity index (χ4v) is 3.01. The molecule has 0 aromatic heterocycles. The van der Waals surface area contributed by atoms with Crippen molar-refractivity contribution in [2.75, 3.05) is 26.0 Å². The van der Waals surface area contributed by atoms with Gasteiger partial charge in [0.25, 0.3) is 10.1 Å². The van der Waals surface area contributed by atoms with Crippen molar-refractivity contribution in [2.45, 2.75) is 71.1 Å². The third-order valence-corrected chi connectivity index (χ3v) is 4.59. The molecule has 6 heteroatoms. The van der Waals surface area contributed by atoms with Gasteiger partial charge in [0.2, 0.25) is 0 Å². The third kappa shape index (κ3) is 18.8. The largest absolute Gasteiger partial charge is 1.00 e. The average molecular weight is 331 g/mol. The molecule has 4 nitrogen and oxygen atoms in total. The summed E-state index contributed by atoms with van der Waals surface area (Å²) < 4.78 is 27.7. The number of hydrogen-bond donors (Lipinski definition) is 1. The third-order valence-electron chi connectivity index (χ3n) is 3.36. The van der Waals surface area contributed by atoms with Gasteiger partial charge in [-0.2, -0.15) is 8.42 Å². The molecule has 0 rings (SSSR count). The van der Waals surface area contributed by atoms with E-state index in [0.29, 0.717) is 13.2 Å². The van der Waals surface area contributed by atoms with Gasteiger partial charge in [-0.1, -0.05) is 64.7 Å². The van der Waals surface area contributed by atoms with E-state index in [-0.39, 0.29) is 36.7 Å². The van der Waals surface area contributed by atoms with Crippen LogP contribution in [-0.2, 0) is 14.3 Å². The van der Waals surface area contributed by atoms with Crippen molar-refractivity contribution in [3.8, 4) is 0 Å². The SMILES string of the molecule is CCCCCCCCCCCCOS(=O)(=O)CCNC.[H-].[Na+]. The predicted molar refractivity (Wildman–Crippen MR) is 86.6 cm³/mol. The molecule has 21 heavy (non-hydrogen) atoms. The van der Waals surface area contributed by atoms with E-state index in [1.54, 1.807) is 7.05 Å².